The molecule has 3 aromatic heterocycles. The zero-order valence-corrected chi connectivity index (χ0v) is 35.2. The van der Waals surface area contributed by atoms with Crippen LogP contribution in [0.2, 0.25) is 0 Å². The molecule has 5 nitrogen and oxygen atoms in total. The molecule has 0 atom stereocenters. The van der Waals surface area contributed by atoms with Gasteiger partial charge in [-0.05, 0) is 116 Å². The van der Waals surface area contributed by atoms with Gasteiger partial charge in [0, 0.05) is 43.9 Å². The summed E-state index contributed by atoms with van der Waals surface area (Å²) in [6.45, 7) is 6.58. The maximum Gasteiger partial charge on any atom is 0.164 e. The van der Waals surface area contributed by atoms with Crippen molar-refractivity contribution in [3.05, 3.63) is 205 Å². The third-order valence-corrected chi connectivity index (χ3v) is 11.8. The molecular formula is C57H46N4O. The Bertz CT molecular complexity index is 3350. The topological polar surface area (TPSA) is 56.7 Å². The summed E-state index contributed by atoms with van der Waals surface area (Å²) < 4.78 is 8.50. The van der Waals surface area contributed by atoms with Gasteiger partial charge in [0.25, 0.3) is 0 Å². The van der Waals surface area contributed by atoms with Gasteiger partial charge in [-0.2, -0.15) is 0 Å². The van der Waals surface area contributed by atoms with E-state index in [1.54, 1.807) is 0 Å². The minimum absolute atomic E-state index is 0.616. The number of furan rings is 1. The summed E-state index contributed by atoms with van der Waals surface area (Å²) in [5, 5.41) is 4.60. The highest BCUT2D eigenvalue weighted by Gasteiger charge is 2.18. The molecule has 62 heavy (non-hydrogen) atoms. The number of hydrogen-bond acceptors (Lipinski definition) is 4. The highest BCUT2D eigenvalue weighted by molar-refractivity contribution is 6.11. The Labute approximate surface area is 362 Å². The van der Waals surface area contributed by atoms with Gasteiger partial charge in [0.15, 0.2) is 17.5 Å². The Morgan fingerprint density at radius 1 is 0.452 bits per heavy atom. The van der Waals surface area contributed by atoms with Crippen molar-refractivity contribution in [1.29, 1.82) is 0 Å². The van der Waals surface area contributed by atoms with Crippen LogP contribution in [0.3, 0.4) is 0 Å². The monoisotopic (exact) mass is 802 g/mol. The van der Waals surface area contributed by atoms with Crippen LogP contribution in [0.15, 0.2) is 192 Å². The molecule has 0 aliphatic heterocycles. The van der Waals surface area contributed by atoms with Crippen LogP contribution in [0, 0.1) is 13.8 Å². The van der Waals surface area contributed by atoms with Gasteiger partial charge in [-0.15, -0.1) is 0 Å². The van der Waals surface area contributed by atoms with Crippen molar-refractivity contribution in [3.63, 3.8) is 0 Å². The molecule has 0 bridgehead atoms. The van der Waals surface area contributed by atoms with Crippen LogP contribution in [-0.2, 0) is 6.42 Å². The lowest BCUT2D eigenvalue weighted by Gasteiger charge is -2.14. The number of aryl methyl sites for hydroxylation is 3. The molecule has 0 radical (unpaired) electrons. The van der Waals surface area contributed by atoms with Crippen molar-refractivity contribution in [2.75, 3.05) is 0 Å². The Kier molecular flexibility index (Phi) is 10.4. The fourth-order valence-corrected chi connectivity index (χ4v) is 8.57. The van der Waals surface area contributed by atoms with Crippen LogP contribution in [0.1, 0.15) is 36.5 Å². The maximum atomic E-state index is 6.12. The molecule has 5 heteroatoms. The summed E-state index contributed by atoms with van der Waals surface area (Å²) in [5.41, 5.74) is 14.6. The van der Waals surface area contributed by atoms with Crippen molar-refractivity contribution < 1.29 is 4.42 Å². The van der Waals surface area contributed by atoms with Crippen molar-refractivity contribution >= 4 is 43.7 Å². The van der Waals surface area contributed by atoms with E-state index in [1.165, 1.54) is 62.5 Å². The van der Waals surface area contributed by atoms with Crippen LogP contribution in [0.25, 0.3) is 94.7 Å². The predicted molar refractivity (Wildman–Crippen MR) is 258 cm³/mol. The molecule has 0 saturated carbocycles. The molecular weight excluding hydrogens is 757 g/mol. The molecule has 0 N–H and O–H groups in total. The first-order chi connectivity index (χ1) is 30.5. The Balaban J connectivity index is 0.000000598. The van der Waals surface area contributed by atoms with E-state index >= 15 is 0 Å². The summed E-state index contributed by atoms with van der Waals surface area (Å²) in [7, 11) is 0. The molecule has 0 aliphatic carbocycles. The number of benzene rings is 8. The summed E-state index contributed by atoms with van der Waals surface area (Å²) in [6, 6.07) is 65.7. The molecule has 3 heterocycles. The largest absolute Gasteiger partial charge is 0.456 e. The van der Waals surface area contributed by atoms with Crippen molar-refractivity contribution in [2.24, 2.45) is 0 Å². The van der Waals surface area contributed by atoms with E-state index in [0.29, 0.717) is 17.5 Å². The van der Waals surface area contributed by atoms with E-state index in [9.17, 15) is 0 Å². The maximum absolute atomic E-state index is 6.12. The quantitative estimate of drug-likeness (QED) is 0.154. The minimum Gasteiger partial charge on any atom is -0.456 e. The van der Waals surface area contributed by atoms with Crippen molar-refractivity contribution in [1.82, 2.24) is 19.5 Å². The smallest absolute Gasteiger partial charge is 0.164 e. The summed E-state index contributed by atoms with van der Waals surface area (Å²) >= 11 is 0. The van der Waals surface area contributed by atoms with E-state index in [4.69, 9.17) is 19.4 Å². The number of aromatic nitrogens is 4. The second-order valence-corrected chi connectivity index (χ2v) is 16.0. The lowest BCUT2D eigenvalue weighted by atomic mass is 9.92. The number of para-hydroxylation sites is 2. The first-order valence-corrected chi connectivity index (χ1v) is 21.5. The number of unbranched alkanes of at least 4 members (excludes halogenated alkanes) is 1. The van der Waals surface area contributed by atoms with Gasteiger partial charge >= 0.3 is 0 Å². The van der Waals surface area contributed by atoms with E-state index in [0.717, 1.165) is 50.7 Å². The summed E-state index contributed by atoms with van der Waals surface area (Å²) in [5.74, 6) is 1.87. The molecule has 11 rings (SSSR count). The van der Waals surface area contributed by atoms with Gasteiger partial charge < -0.3 is 8.98 Å². The average Bonchev–Trinajstić information content (AvgIpc) is 3.86. The molecule has 11 aromatic rings. The first kappa shape index (κ1) is 38.6. The van der Waals surface area contributed by atoms with Crippen molar-refractivity contribution in [3.8, 4) is 51.0 Å². The van der Waals surface area contributed by atoms with Gasteiger partial charge in [0.1, 0.15) is 11.2 Å². The molecule has 0 saturated heterocycles. The van der Waals surface area contributed by atoms with Crippen LogP contribution in [-0.4, -0.2) is 19.5 Å². The van der Waals surface area contributed by atoms with E-state index in [1.807, 2.05) is 78.9 Å². The van der Waals surface area contributed by atoms with Crippen LogP contribution >= 0.6 is 0 Å². The van der Waals surface area contributed by atoms with Crippen LogP contribution in [0.5, 0.6) is 0 Å². The highest BCUT2D eigenvalue weighted by Crippen LogP contribution is 2.39. The van der Waals surface area contributed by atoms with Crippen LogP contribution < -0.4 is 0 Å². The summed E-state index contributed by atoms with van der Waals surface area (Å²) in [6.07, 6.45) is 3.46. The zero-order valence-electron chi connectivity index (χ0n) is 35.2. The summed E-state index contributed by atoms with van der Waals surface area (Å²) in [4.78, 5) is 15.1. The third kappa shape index (κ3) is 7.43. The SMILES string of the molecule is CCCCc1ccccc1-c1cc2c3ccccc3n(-c3ccc(-c4nc(-c5ccccc5)nc(-c5ccc6oc7ccccc7c6c5)n4)cc3)c2cc1C.Cc1ccccc1. The van der Waals surface area contributed by atoms with Crippen LogP contribution in [0.4, 0.5) is 0 Å². The second-order valence-electron chi connectivity index (χ2n) is 16.0. The van der Waals surface area contributed by atoms with Gasteiger partial charge in [-0.1, -0.05) is 140 Å². The van der Waals surface area contributed by atoms with E-state index in [-0.39, 0.29) is 0 Å². The lowest BCUT2D eigenvalue weighted by Crippen LogP contribution is -2.00. The van der Waals surface area contributed by atoms with Gasteiger partial charge in [0.05, 0.1) is 11.0 Å². The zero-order chi connectivity index (χ0) is 42.0. The molecule has 0 unspecified atom stereocenters. The Hall–Kier alpha value is -7.63. The normalized spacial score (nSPS) is 11.3. The molecule has 8 aromatic carbocycles. The predicted octanol–water partition coefficient (Wildman–Crippen LogP) is 15.2. The average molecular weight is 803 g/mol. The molecule has 300 valence electrons. The van der Waals surface area contributed by atoms with Gasteiger partial charge in [0.2, 0.25) is 0 Å². The molecule has 0 amide bonds. The second kappa shape index (κ2) is 16.8. The van der Waals surface area contributed by atoms with Gasteiger partial charge in [-0.3, -0.25) is 0 Å². The number of fused-ring (bicyclic) bond motifs is 6. The lowest BCUT2D eigenvalue weighted by molar-refractivity contribution is 0.669. The fraction of sp³-hybridized carbons (Fsp3) is 0.105. The van der Waals surface area contributed by atoms with Gasteiger partial charge in [-0.25, -0.2) is 15.0 Å². The fourth-order valence-electron chi connectivity index (χ4n) is 8.57. The number of hydrogen-bond donors (Lipinski definition) is 0. The Morgan fingerprint density at radius 2 is 1.05 bits per heavy atom. The number of rotatable bonds is 8. The van der Waals surface area contributed by atoms with Crippen molar-refractivity contribution in [2.45, 2.75) is 40.0 Å². The Morgan fingerprint density at radius 3 is 1.77 bits per heavy atom. The third-order valence-electron chi connectivity index (χ3n) is 11.8. The minimum atomic E-state index is 0.616. The highest BCUT2D eigenvalue weighted by atomic mass is 16.3. The van der Waals surface area contributed by atoms with E-state index < -0.39 is 0 Å². The molecule has 0 fully saturated rings. The molecule has 0 spiro atoms. The number of nitrogens with zero attached hydrogens (tertiary/aromatic N) is 4. The van der Waals surface area contributed by atoms with E-state index in [2.05, 4.69) is 135 Å². The standard InChI is InChI=1S/C50H38N4O.C7H8/c1-3-4-14-33-15-8-9-18-38(33)41-31-42-39-19-10-12-21-44(39)54(45(42)29-32(41)2)37-26-23-35(24-27-37)49-51-48(34-16-6-5-7-17-34)52-50(53-49)36-25-28-47-43(30-36)40-20-11-13-22-46(40)55-47;1-7-5-3-2-4-6-7/h5-13,15-31H,3-4,14H2,1-2H3;2-6H,1H3. The molecule has 0 aliphatic rings. The first-order valence-electron chi connectivity index (χ1n) is 21.5.